The van der Waals surface area contributed by atoms with Gasteiger partial charge in [-0.3, -0.25) is 9.59 Å². The first kappa shape index (κ1) is 26.2. The summed E-state index contributed by atoms with van der Waals surface area (Å²) in [5.41, 5.74) is 7.43. The Bertz CT molecular complexity index is 1840. The minimum Gasteiger partial charge on any atom is -0.497 e. The lowest BCUT2D eigenvalue weighted by atomic mass is 10.1. The lowest BCUT2D eigenvalue weighted by molar-refractivity contribution is -0.137. The van der Waals surface area contributed by atoms with Crippen LogP contribution in [0.2, 0.25) is 0 Å². The Balaban J connectivity index is 1.24. The van der Waals surface area contributed by atoms with E-state index in [2.05, 4.69) is 19.9 Å². The van der Waals surface area contributed by atoms with Crippen molar-refractivity contribution in [1.82, 2.24) is 19.9 Å². The lowest BCUT2D eigenvalue weighted by Gasteiger charge is -2.36. The number of carbonyl (C=O) groups excluding carboxylic acids is 1. The van der Waals surface area contributed by atoms with E-state index in [-0.39, 0.29) is 34.0 Å². The second kappa shape index (κ2) is 9.88. The number of nitrogen functional groups attached to an aromatic ring is 1. The minimum atomic E-state index is -4.55. The van der Waals surface area contributed by atoms with Crippen molar-refractivity contribution >= 4 is 39.2 Å². The number of nitrogens with zero attached hydrogens (tertiary/aromatic N) is 3. The molecule has 3 heterocycles. The van der Waals surface area contributed by atoms with E-state index < -0.39 is 17.3 Å². The van der Waals surface area contributed by atoms with Gasteiger partial charge in [-0.1, -0.05) is 0 Å². The molecule has 12 heteroatoms. The van der Waals surface area contributed by atoms with E-state index in [0.717, 1.165) is 23.6 Å². The van der Waals surface area contributed by atoms with Crippen LogP contribution in [0.3, 0.4) is 0 Å². The Kier molecular flexibility index (Phi) is 6.32. The molecule has 0 atom stereocenters. The Hall–Kier alpha value is -5.00. The van der Waals surface area contributed by atoms with Crippen LogP contribution in [0.25, 0.3) is 33.3 Å². The number of alkyl halides is 3. The maximum atomic E-state index is 13.3. The van der Waals surface area contributed by atoms with Gasteiger partial charge in [0.05, 0.1) is 35.1 Å². The number of fused-ring (bicyclic) bond motifs is 2. The molecule has 0 spiro atoms. The molecule has 1 amide bonds. The number of H-pyrrole nitrogens is 2. The van der Waals surface area contributed by atoms with E-state index in [0.29, 0.717) is 42.6 Å². The molecule has 0 saturated carbocycles. The number of methoxy groups -OCH3 is 1. The van der Waals surface area contributed by atoms with Crippen molar-refractivity contribution in [3.05, 3.63) is 82.1 Å². The summed E-state index contributed by atoms with van der Waals surface area (Å²) in [6, 6.07) is 15.8. The zero-order valence-corrected chi connectivity index (χ0v) is 21.9. The third-order valence-corrected chi connectivity index (χ3v) is 7.35. The molecule has 6 rings (SSSR count). The summed E-state index contributed by atoms with van der Waals surface area (Å²) in [6.45, 7) is 2.45. The van der Waals surface area contributed by atoms with E-state index in [1.165, 1.54) is 6.07 Å². The number of halogens is 3. The molecule has 0 bridgehead atoms. The van der Waals surface area contributed by atoms with Crippen molar-refractivity contribution in [3.8, 4) is 17.1 Å². The van der Waals surface area contributed by atoms with Crippen LogP contribution in [0.5, 0.6) is 5.75 Å². The molecule has 0 radical (unpaired) electrons. The number of benzene rings is 3. The van der Waals surface area contributed by atoms with Crippen molar-refractivity contribution in [2.75, 3.05) is 43.9 Å². The first-order chi connectivity index (χ1) is 19.6. The Morgan fingerprint density at radius 3 is 2.37 bits per heavy atom. The fourth-order valence-electron chi connectivity index (χ4n) is 5.11. The van der Waals surface area contributed by atoms with Crippen LogP contribution in [0.15, 0.2) is 65.5 Å². The number of hydrogen-bond acceptors (Lipinski definition) is 6. The maximum Gasteiger partial charge on any atom is 0.416 e. The van der Waals surface area contributed by atoms with E-state index in [9.17, 15) is 22.8 Å². The van der Waals surface area contributed by atoms with Crippen LogP contribution in [0.1, 0.15) is 15.9 Å². The van der Waals surface area contributed by atoms with Crippen molar-refractivity contribution in [2.24, 2.45) is 0 Å². The molecule has 210 valence electrons. The summed E-state index contributed by atoms with van der Waals surface area (Å²) in [4.78, 5) is 40.0. The van der Waals surface area contributed by atoms with Crippen LogP contribution in [0, 0.1) is 0 Å². The molecule has 2 aromatic heterocycles. The number of hydrogen-bond donors (Lipinski definition) is 3. The molecular formula is C29H25F3N6O3. The molecule has 1 aliphatic heterocycles. The van der Waals surface area contributed by atoms with Gasteiger partial charge in [0.15, 0.2) is 5.69 Å². The molecule has 5 aromatic rings. The summed E-state index contributed by atoms with van der Waals surface area (Å²) < 4.78 is 44.5. The van der Waals surface area contributed by atoms with E-state index in [1.54, 1.807) is 30.2 Å². The highest BCUT2D eigenvalue weighted by Crippen LogP contribution is 2.33. The smallest absolute Gasteiger partial charge is 0.416 e. The summed E-state index contributed by atoms with van der Waals surface area (Å²) in [5, 5.41) is 0.538. The molecule has 4 N–H and O–H groups in total. The number of rotatable bonds is 4. The number of ether oxygens (including phenoxy) is 1. The number of carbonyl (C=O) groups is 1. The molecule has 0 unspecified atom stereocenters. The molecule has 0 aliphatic carbocycles. The summed E-state index contributed by atoms with van der Waals surface area (Å²) in [7, 11) is 1.62. The van der Waals surface area contributed by atoms with Crippen LogP contribution < -0.4 is 20.9 Å². The first-order valence-corrected chi connectivity index (χ1v) is 12.8. The van der Waals surface area contributed by atoms with Crippen LogP contribution >= 0.6 is 0 Å². The highest BCUT2D eigenvalue weighted by molar-refractivity contribution is 6.04. The molecule has 1 saturated heterocycles. The largest absolute Gasteiger partial charge is 0.497 e. The fraction of sp³-hybridized carbons (Fsp3) is 0.207. The third-order valence-electron chi connectivity index (χ3n) is 7.35. The third kappa shape index (κ3) is 4.81. The number of piperazine rings is 1. The fourth-order valence-corrected chi connectivity index (χ4v) is 5.11. The monoisotopic (exact) mass is 562 g/mol. The number of nitrogens with one attached hydrogen (secondary N) is 2. The molecule has 3 aromatic carbocycles. The Morgan fingerprint density at radius 1 is 0.951 bits per heavy atom. The van der Waals surface area contributed by atoms with Gasteiger partial charge in [-0.25, -0.2) is 4.98 Å². The summed E-state index contributed by atoms with van der Waals surface area (Å²) in [5.74, 6) is 0.649. The standard InChI is InChI=1S/C29H25F3N6O3/c1-41-19-6-4-18(5-7-19)37-10-12-38(13-11-37)28(40)16-2-8-21-20(14-16)24(33)25(34-21)26-27(39)36-23-15-17(29(30,31)32)3-9-22(23)35-26/h2-9,14-15,34H,10-13,33H2,1H3,(H,36,39). The quantitative estimate of drug-likeness (QED) is 0.294. The predicted molar refractivity (Wildman–Crippen MR) is 150 cm³/mol. The molecular weight excluding hydrogens is 537 g/mol. The molecule has 9 nitrogen and oxygen atoms in total. The number of nitrogens with two attached hydrogens (primary N) is 1. The van der Waals surface area contributed by atoms with Crippen LogP contribution in [0.4, 0.5) is 24.5 Å². The Labute approximate surface area is 231 Å². The average Bonchev–Trinajstić information content (AvgIpc) is 3.31. The van der Waals surface area contributed by atoms with Gasteiger partial charge < -0.3 is 30.2 Å². The predicted octanol–water partition coefficient (Wildman–Crippen LogP) is 4.64. The van der Waals surface area contributed by atoms with Gasteiger partial charge in [0, 0.05) is 48.3 Å². The van der Waals surface area contributed by atoms with E-state index in [4.69, 9.17) is 10.5 Å². The highest BCUT2D eigenvalue weighted by atomic mass is 19.4. The van der Waals surface area contributed by atoms with Crippen molar-refractivity contribution < 1.29 is 22.7 Å². The molecule has 1 fully saturated rings. The second-order valence-corrected chi connectivity index (χ2v) is 9.80. The summed E-state index contributed by atoms with van der Waals surface area (Å²) >= 11 is 0. The van der Waals surface area contributed by atoms with Gasteiger partial charge in [0.1, 0.15) is 5.75 Å². The number of amides is 1. The van der Waals surface area contributed by atoms with Gasteiger partial charge in [0.25, 0.3) is 11.5 Å². The van der Waals surface area contributed by atoms with Crippen LogP contribution in [-0.4, -0.2) is 59.0 Å². The first-order valence-electron chi connectivity index (χ1n) is 12.8. The highest BCUT2D eigenvalue weighted by Gasteiger charge is 2.31. The van der Waals surface area contributed by atoms with Gasteiger partial charge in [-0.05, 0) is 60.7 Å². The summed E-state index contributed by atoms with van der Waals surface area (Å²) in [6.07, 6.45) is -4.55. The Morgan fingerprint density at radius 2 is 1.68 bits per heavy atom. The zero-order chi connectivity index (χ0) is 28.9. The minimum absolute atomic E-state index is 0.0387. The van der Waals surface area contributed by atoms with Gasteiger partial charge >= 0.3 is 6.18 Å². The van der Waals surface area contributed by atoms with Gasteiger partial charge in [-0.15, -0.1) is 0 Å². The number of aromatic amines is 2. The normalized spacial score (nSPS) is 14.1. The second-order valence-electron chi connectivity index (χ2n) is 9.80. The number of anilines is 2. The maximum absolute atomic E-state index is 13.3. The van der Waals surface area contributed by atoms with E-state index in [1.807, 2.05) is 24.3 Å². The topological polar surface area (TPSA) is 120 Å². The van der Waals surface area contributed by atoms with E-state index >= 15 is 0 Å². The molecule has 41 heavy (non-hydrogen) atoms. The zero-order valence-electron chi connectivity index (χ0n) is 21.9. The van der Waals surface area contributed by atoms with Crippen molar-refractivity contribution in [3.63, 3.8) is 0 Å². The molecule has 1 aliphatic rings. The lowest BCUT2D eigenvalue weighted by Crippen LogP contribution is -2.48. The van der Waals surface area contributed by atoms with Gasteiger partial charge in [-0.2, -0.15) is 13.2 Å². The van der Waals surface area contributed by atoms with Gasteiger partial charge in [0.2, 0.25) is 0 Å². The van der Waals surface area contributed by atoms with Crippen molar-refractivity contribution in [1.29, 1.82) is 0 Å². The van der Waals surface area contributed by atoms with Crippen LogP contribution in [-0.2, 0) is 6.18 Å². The SMILES string of the molecule is COc1ccc(N2CCN(C(=O)c3ccc4[nH]c(-c5nc6ccc(C(F)(F)F)cc6[nH]c5=O)c(N)c4c3)CC2)cc1. The number of aromatic nitrogens is 3. The average molecular weight is 563 g/mol. The van der Waals surface area contributed by atoms with Crippen molar-refractivity contribution in [2.45, 2.75) is 6.18 Å².